The summed E-state index contributed by atoms with van der Waals surface area (Å²) in [6.45, 7) is 12.5. The van der Waals surface area contributed by atoms with Crippen molar-refractivity contribution < 1.29 is 9.47 Å². The molecule has 1 aliphatic heterocycles. The maximum absolute atomic E-state index is 6.29. The number of nitrogens with zero attached hydrogens (tertiary/aromatic N) is 3. The molecule has 0 N–H and O–H groups in total. The van der Waals surface area contributed by atoms with Gasteiger partial charge in [-0.2, -0.15) is 4.98 Å². The zero-order valence-corrected chi connectivity index (χ0v) is 17.2. The standard InChI is InChI=1S/C21H25N3O2S/c1-13-9-14(2)11-17(10-13)26-20-19-15(3)16(4)27-21(19)23-18(22-20)12-24-5-7-25-8-6-24/h9-11H,5-8,12H2,1-4H3. The van der Waals surface area contributed by atoms with Crippen LogP contribution in [0.15, 0.2) is 18.2 Å². The van der Waals surface area contributed by atoms with Gasteiger partial charge in [0.1, 0.15) is 16.4 Å². The quantitative estimate of drug-likeness (QED) is 0.661. The average Bonchev–Trinajstić information content (AvgIpc) is 2.89. The van der Waals surface area contributed by atoms with E-state index < -0.39 is 0 Å². The van der Waals surface area contributed by atoms with Gasteiger partial charge in [-0.05, 0) is 56.5 Å². The first-order valence-corrected chi connectivity index (χ1v) is 10.1. The molecule has 3 heterocycles. The number of rotatable bonds is 4. The molecular weight excluding hydrogens is 358 g/mol. The first-order valence-electron chi connectivity index (χ1n) is 9.32. The van der Waals surface area contributed by atoms with Gasteiger partial charge in [-0.25, -0.2) is 4.98 Å². The molecule has 0 spiro atoms. The van der Waals surface area contributed by atoms with Crippen molar-refractivity contribution in [1.82, 2.24) is 14.9 Å². The van der Waals surface area contributed by atoms with Crippen LogP contribution >= 0.6 is 11.3 Å². The van der Waals surface area contributed by atoms with E-state index in [1.165, 1.54) is 21.6 Å². The largest absolute Gasteiger partial charge is 0.438 e. The number of thiophene rings is 1. The minimum absolute atomic E-state index is 0.662. The maximum Gasteiger partial charge on any atom is 0.231 e. The van der Waals surface area contributed by atoms with Crippen LogP contribution in [0.1, 0.15) is 27.4 Å². The van der Waals surface area contributed by atoms with Crippen molar-refractivity contribution in [3.8, 4) is 11.6 Å². The monoisotopic (exact) mass is 383 g/mol. The summed E-state index contributed by atoms with van der Waals surface area (Å²) in [6, 6.07) is 6.25. The highest BCUT2D eigenvalue weighted by atomic mass is 32.1. The van der Waals surface area contributed by atoms with E-state index in [1.54, 1.807) is 11.3 Å². The van der Waals surface area contributed by atoms with Gasteiger partial charge in [0, 0.05) is 18.0 Å². The van der Waals surface area contributed by atoms with Crippen molar-refractivity contribution in [2.45, 2.75) is 34.2 Å². The molecule has 1 aromatic carbocycles. The van der Waals surface area contributed by atoms with E-state index in [0.29, 0.717) is 5.88 Å². The van der Waals surface area contributed by atoms with Crippen molar-refractivity contribution >= 4 is 21.6 Å². The minimum Gasteiger partial charge on any atom is -0.438 e. The summed E-state index contributed by atoms with van der Waals surface area (Å²) in [7, 11) is 0. The molecule has 1 fully saturated rings. The van der Waals surface area contributed by atoms with E-state index in [1.807, 2.05) is 0 Å². The number of morpholine rings is 1. The highest BCUT2D eigenvalue weighted by Gasteiger charge is 2.19. The molecule has 1 aliphatic rings. The van der Waals surface area contributed by atoms with Gasteiger partial charge in [-0.3, -0.25) is 4.90 Å². The lowest BCUT2D eigenvalue weighted by atomic mass is 10.1. The van der Waals surface area contributed by atoms with E-state index >= 15 is 0 Å². The van der Waals surface area contributed by atoms with E-state index in [9.17, 15) is 0 Å². The Kier molecular flexibility index (Phi) is 5.12. The third kappa shape index (κ3) is 3.98. The second kappa shape index (κ2) is 7.54. The third-order valence-corrected chi connectivity index (χ3v) is 6.02. The van der Waals surface area contributed by atoms with Crippen LogP contribution in [0.25, 0.3) is 10.2 Å². The van der Waals surface area contributed by atoms with E-state index in [4.69, 9.17) is 19.4 Å². The van der Waals surface area contributed by atoms with Crippen molar-refractivity contribution in [3.05, 3.63) is 45.6 Å². The van der Waals surface area contributed by atoms with Gasteiger partial charge in [0.05, 0.1) is 25.1 Å². The summed E-state index contributed by atoms with van der Waals surface area (Å²) < 4.78 is 11.7. The van der Waals surface area contributed by atoms with E-state index in [-0.39, 0.29) is 0 Å². The summed E-state index contributed by atoms with van der Waals surface area (Å²) in [5.74, 6) is 2.30. The number of benzene rings is 1. The average molecular weight is 384 g/mol. The first kappa shape index (κ1) is 18.3. The lowest BCUT2D eigenvalue weighted by molar-refractivity contribution is 0.0330. The molecule has 5 nitrogen and oxygen atoms in total. The molecule has 0 amide bonds. The van der Waals surface area contributed by atoms with Gasteiger partial charge >= 0.3 is 0 Å². The van der Waals surface area contributed by atoms with Crippen molar-refractivity contribution in [2.75, 3.05) is 26.3 Å². The molecule has 27 heavy (non-hydrogen) atoms. The van der Waals surface area contributed by atoms with Gasteiger partial charge in [-0.1, -0.05) is 6.07 Å². The summed E-state index contributed by atoms with van der Waals surface area (Å²) >= 11 is 1.71. The molecule has 0 bridgehead atoms. The second-order valence-corrected chi connectivity index (χ2v) is 8.43. The van der Waals surface area contributed by atoms with Crippen molar-refractivity contribution in [2.24, 2.45) is 0 Å². The fourth-order valence-corrected chi connectivity index (χ4v) is 4.50. The summed E-state index contributed by atoms with van der Waals surface area (Å²) in [6.07, 6.45) is 0. The van der Waals surface area contributed by atoms with Gasteiger partial charge in [-0.15, -0.1) is 11.3 Å². The minimum atomic E-state index is 0.662. The zero-order chi connectivity index (χ0) is 19.0. The molecule has 4 rings (SSSR count). The molecule has 142 valence electrons. The van der Waals surface area contributed by atoms with Crippen LogP contribution < -0.4 is 4.74 Å². The molecule has 6 heteroatoms. The Balaban J connectivity index is 1.74. The Labute approximate surface area is 164 Å². The van der Waals surface area contributed by atoms with Crippen molar-refractivity contribution in [3.63, 3.8) is 0 Å². The summed E-state index contributed by atoms with van der Waals surface area (Å²) in [5.41, 5.74) is 3.57. The SMILES string of the molecule is Cc1cc(C)cc(Oc2nc(CN3CCOCC3)nc3sc(C)c(C)c23)c1. The zero-order valence-electron chi connectivity index (χ0n) is 16.3. The van der Waals surface area contributed by atoms with E-state index in [0.717, 1.165) is 54.6 Å². The van der Waals surface area contributed by atoms with Gasteiger partial charge in [0.2, 0.25) is 5.88 Å². The highest BCUT2D eigenvalue weighted by Crippen LogP contribution is 2.37. The Morgan fingerprint density at radius 2 is 1.74 bits per heavy atom. The van der Waals surface area contributed by atoms with Crippen molar-refractivity contribution in [1.29, 1.82) is 0 Å². The van der Waals surface area contributed by atoms with Crippen LogP contribution in [0, 0.1) is 27.7 Å². The van der Waals surface area contributed by atoms with Crippen LogP contribution in [-0.4, -0.2) is 41.2 Å². The number of ether oxygens (including phenoxy) is 2. The maximum atomic E-state index is 6.29. The van der Waals surface area contributed by atoms with Gasteiger partial charge in [0.25, 0.3) is 0 Å². The molecule has 1 saturated heterocycles. The molecule has 0 radical (unpaired) electrons. The number of hydrogen-bond donors (Lipinski definition) is 0. The molecule has 0 saturated carbocycles. The molecule has 0 unspecified atom stereocenters. The third-order valence-electron chi connectivity index (χ3n) is 4.92. The lowest BCUT2D eigenvalue weighted by Crippen LogP contribution is -2.36. The fourth-order valence-electron chi connectivity index (χ4n) is 3.46. The molecule has 0 aliphatic carbocycles. The van der Waals surface area contributed by atoms with Crippen LogP contribution in [0.2, 0.25) is 0 Å². The fraction of sp³-hybridized carbons (Fsp3) is 0.429. The smallest absolute Gasteiger partial charge is 0.231 e. The topological polar surface area (TPSA) is 47.5 Å². The summed E-state index contributed by atoms with van der Waals surface area (Å²) in [5, 5.41) is 1.03. The van der Waals surface area contributed by atoms with Crippen LogP contribution in [0.3, 0.4) is 0 Å². The van der Waals surface area contributed by atoms with E-state index in [2.05, 4.69) is 50.8 Å². The Bertz CT molecular complexity index is 957. The summed E-state index contributed by atoms with van der Waals surface area (Å²) in [4.78, 5) is 14.2. The number of aryl methyl sites for hydroxylation is 4. The lowest BCUT2D eigenvalue weighted by Gasteiger charge is -2.25. The number of aromatic nitrogens is 2. The highest BCUT2D eigenvalue weighted by molar-refractivity contribution is 7.18. The van der Waals surface area contributed by atoms with Crippen LogP contribution in [0.5, 0.6) is 11.6 Å². The molecule has 2 aromatic heterocycles. The van der Waals surface area contributed by atoms with Crippen LogP contribution in [0.4, 0.5) is 0 Å². The molecular formula is C21H25N3O2S. The number of fused-ring (bicyclic) bond motifs is 1. The number of hydrogen-bond acceptors (Lipinski definition) is 6. The molecule has 0 atom stereocenters. The second-order valence-electron chi connectivity index (χ2n) is 7.22. The predicted molar refractivity (Wildman–Crippen MR) is 109 cm³/mol. The predicted octanol–water partition coefficient (Wildman–Crippen LogP) is 4.55. The Morgan fingerprint density at radius 1 is 1.04 bits per heavy atom. The Morgan fingerprint density at radius 3 is 2.44 bits per heavy atom. The van der Waals surface area contributed by atoms with Crippen LogP contribution in [-0.2, 0) is 11.3 Å². The first-order chi connectivity index (χ1) is 13.0. The molecule has 3 aromatic rings. The van der Waals surface area contributed by atoms with Gasteiger partial charge < -0.3 is 9.47 Å². The normalized spacial score (nSPS) is 15.4. The van der Waals surface area contributed by atoms with Gasteiger partial charge in [0.15, 0.2) is 0 Å². The Hall–Kier alpha value is -2.02.